The first-order valence-corrected chi connectivity index (χ1v) is 26.1. The number of carbonyl (C=O) groups is 4. The molecule has 0 aliphatic carbocycles. The number of fused-ring (bicyclic) bond motifs is 3. The van der Waals surface area contributed by atoms with Crippen molar-refractivity contribution in [2.75, 3.05) is 13.1 Å². The molecule has 0 bridgehead atoms. The lowest BCUT2D eigenvalue weighted by Gasteiger charge is -2.35. The van der Waals surface area contributed by atoms with Crippen molar-refractivity contribution in [2.24, 2.45) is 10.4 Å². The number of nitrogens with zero attached hydrogens (tertiary/aromatic N) is 6. The third-order valence-electron chi connectivity index (χ3n) is 13.1. The number of β-amino-alcohol motifs (C(OH)–C–C–N with tert-alkyl or cyclic N) is 1. The number of likely N-dealkylation sites (tertiary alicyclic amines) is 1. The molecule has 0 spiro atoms. The number of aliphatic imine (C=N–C) groups is 1. The Morgan fingerprint density at radius 3 is 2.37 bits per heavy atom. The van der Waals surface area contributed by atoms with Crippen LogP contribution in [0.2, 0.25) is 5.02 Å². The molecule has 6 aromatic rings. The largest absolute Gasteiger partial charge is 0.489 e. The molecule has 1 saturated heterocycles. The van der Waals surface area contributed by atoms with Gasteiger partial charge in [0.05, 0.1) is 46.9 Å². The van der Waals surface area contributed by atoms with Crippen LogP contribution in [0.15, 0.2) is 83.3 Å². The normalized spacial score (nSPS) is 17.8. The van der Waals surface area contributed by atoms with Gasteiger partial charge in [0.1, 0.15) is 46.6 Å². The number of thiazole rings is 1. The molecule has 6 atom stereocenters. The molecular formula is C54H59ClFN9O6S2. The molecule has 382 valence electrons. The van der Waals surface area contributed by atoms with Crippen LogP contribution in [0.4, 0.5) is 4.39 Å². The minimum Gasteiger partial charge on any atom is -0.489 e. The van der Waals surface area contributed by atoms with Crippen molar-refractivity contribution in [1.29, 1.82) is 0 Å². The molecule has 3 aromatic carbocycles. The van der Waals surface area contributed by atoms with E-state index in [4.69, 9.17) is 21.3 Å². The van der Waals surface area contributed by atoms with E-state index in [1.165, 1.54) is 29.2 Å². The number of halogens is 2. The summed E-state index contributed by atoms with van der Waals surface area (Å²) in [7, 11) is 0. The monoisotopic (exact) mass is 1050 g/mol. The van der Waals surface area contributed by atoms with Gasteiger partial charge < -0.3 is 30.7 Å². The number of ether oxygens (including phenoxy) is 1. The number of aromatic nitrogens is 4. The van der Waals surface area contributed by atoms with Crippen molar-refractivity contribution in [3.63, 3.8) is 0 Å². The topological polar surface area (TPSA) is 193 Å². The molecule has 5 heterocycles. The maximum atomic E-state index is 15.2. The summed E-state index contributed by atoms with van der Waals surface area (Å²) in [5.74, 6) is -1.02. The molecule has 3 aromatic heterocycles. The number of benzene rings is 3. The van der Waals surface area contributed by atoms with Crippen molar-refractivity contribution in [3.05, 3.63) is 139 Å². The second-order valence-electron chi connectivity index (χ2n) is 19.7. The van der Waals surface area contributed by atoms with Crippen molar-refractivity contribution < 1.29 is 33.4 Å². The first kappa shape index (κ1) is 52.7. The number of aliphatic hydroxyl groups excluding tert-OH is 1. The average molecular weight is 1050 g/mol. The van der Waals surface area contributed by atoms with Crippen LogP contribution in [0.3, 0.4) is 0 Å². The van der Waals surface area contributed by atoms with Gasteiger partial charge in [0.25, 0.3) is 0 Å². The first-order chi connectivity index (χ1) is 34.7. The number of rotatable bonds is 15. The number of hydrogen-bond donors (Lipinski definition) is 4. The SMILES string of the molecule is Cc1ncsc1-c1ccc([C@H](C)NC(=O)[C@@H]2C[C@@H](O)CN2C(=O)[C@@H](NC(=O)/C=C/c2cc(O[C@@H](C)CNC(=O)C[C@@H]3N=C(c4ccc(Cl)cc4)c4c(sc(C)c4C)-n4c(C)nnc43)ccc2F)C(C)(C)C)cc1. The van der Waals surface area contributed by atoms with Crippen LogP contribution in [-0.4, -0.2) is 96.5 Å². The van der Waals surface area contributed by atoms with Crippen LogP contribution in [0.25, 0.3) is 21.5 Å². The Labute approximate surface area is 437 Å². The van der Waals surface area contributed by atoms with Crippen molar-refractivity contribution in [3.8, 4) is 21.2 Å². The summed E-state index contributed by atoms with van der Waals surface area (Å²) in [6.07, 6.45) is 0.919. The number of thiophene rings is 1. The van der Waals surface area contributed by atoms with Gasteiger partial charge in [-0.3, -0.25) is 28.7 Å². The summed E-state index contributed by atoms with van der Waals surface area (Å²) in [4.78, 5) is 68.2. The highest BCUT2D eigenvalue weighted by atomic mass is 35.5. The lowest BCUT2D eigenvalue weighted by atomic mass is 9.85. The van der Waals surface area contributed by atoms with Crippen molar-refractivity contribution in [2.45, 2.75) is 112 Å². The summed E-state index contributed by atoms with van der Waals surface area (Å²) in [6.45, 7) is 16.9. The number of aryl methyl sites for hydroxylation is 3. The number of carbonyl (C=O) groups excluding carboxylic acids is 4. The fraction of sp³-hybridized carbons (Fsp3) is 0.370. The second-order valence-corrected chi connectivity index (χ2v) is 22.2. The lowest BCUT2D eigenvalue weighted by Crippen LogP contribution is -2.57. The molecule has 4 amide bonds. The highest BCUT2D eigenvalue weighted by molar-refractivity contribution is 7.15. The Morgan fingerprint density at radius 1 is 0.973 bits per heavy atom. The van der Waals surface area contributed by atoms with Gasteiger partial charge in [-0.15, -0.1) is 32.9 Å². The van der Waals surface area contributed by atoms with E-state index in [-0.39, 0.29) is 37.4 Å². The third-order valence-corrected chi connectivity index (χ3v) is 15.5. The van der Waals surface area contributed by atoms with Crippen LogP contribution in [-0.2, 0) is 19.2 Å². The van der Waals surface area contributed by atoms with E-state index in [1.54, 1.807) is 55.9 Å². The number of amides is 4. The molecule has 2 aliphatic heterocycles. The standard InChI is InChI=1S/C54H59ClFN9O6S2/c1-28(25-57-45(68)24-42-50-63-62-33(6)65(50)53-46(29(2)32(5)73-53)47(60-42)35-14-17-38(55)18-15-35)71-40-19-20-41(56)37(22-40)16-21-44(67)61-49(54(7,8)9)52(70)64-26-39(66)23-43(64)51(69)59-30(3)34-10-12-36(13-11-34)48-31(4)58-27-72-48/h10-22,27-28,30,39,42-43,49,66H,23-26H2,1-9H3,(H,57,68)(H,59,69)(H,61,67)/b21-16+/t28-,30-,39+,42-,43-,49+/m0/s1. The molecule has 4 N–H and O–H groups in total. The highest BCUT2D eigenvalue weighted by Crippen LogP contribution is 2.40. The first-order valence-electron chi connectivity index (χ1n) is 24.0. The Hall–Kier alpha value is -6.60. The van der Waals surface area contributed by atoms with Gasteiger partial charge in [-0.2, -0.15) is 0 Å². The Morgan fingerprint density at radius 2 is 1.68 bits per heavy atom. The maximum Gasteiger partial charge on any atom is 0.246 e. The lowest BCUT2D eigenvalue weighted by molar-refractivity contribution is -0.143. The molecular weight excluding hydrogens is 989 g/mol. The molecule has 8 rings (SSSR count). The van der Waals surface area contributed by atoms with Crippen molar-refractivity contribution in [1.82, 2.24) is 40.6 Å². The minimum absolute atomic E-state index is 0.0236. The summed E-state index contributed by atoms with van der Waals surface area (Å²) in [5.41, 5.74) is 7.49. The van der Waals surface area contributed by atoms with Crippen LogP contribution < -0.4 is 20.7 Å². The predicted octanol–water partition coefficient (Wildman–Crippen LogP) is 8.73. The Bertz CT molecular complexity index is 3110. The van der Waals surface area contributed by atoms with E-state index in [9.17, 15) is 24.3 Å². The fourth-order valence-electron chi connectivity index (χ4n) is 9.01. The Balaban J connectivity index is 0.882. The van der Waals surface area contributed by atoms with Gasteiger partial charge in [0.2, 0.25) is 23.6 Å². The molecule has 2 aliphatic rings. The quantitative estimate of drug-likeness (QED) is 0.0728. The highest BCUT2D eigenvalue weighted by Gasteiger charge is 2.45. The summed E-state index contributed by atoms with van der Waals surface area (Å²) < 4.78 is 23.3. The van der Waals surface area contributed by atoms with Crippen LogP contribution in [0.1, 0.15) is 110 Å². The van der Waals surface area contributed by atoms with E-state index in [1.807, 2.05) is 73.9 Å². The summed E-state index contributed by atoms with van der Waals surface area (Å²) >= 11 is 9.44. The maximum absolute atomic E-state index is 15.2. The fourth-order valence-corrected chi connectivity index (χ4v) is 11.2. The predicted molar refractivity (Wildman–Crippen MR) is 283 cm³/mol. The average Bonchev–Trinajstić information content (AvgIpc) is 4.12. The molecule has 0 unspecified atom stereocenters. The summed E-state index contributed by atoms with van der Waals surface area (Å²) in [6, 6.07) is 16.3. The molecule has 1 fully saturated rings. The van der Waals surface area contributed by atoms with Gasteiger partial charge in [-0.1, -0.05) is 68.8 Å². The van der Waals surface area contributed by atoms with Gasteiger partial charge in [-0.05, 0) is 100 Å². The van der Waals surface area contributed by atoms with Crippen LogP contribution >= 0.6 is 34.3 Å². The van der Waals surface area contributed by atoms with Gasteiger partial charge in [0.15, 0.2) is 5.82 Å². The summed E-state index contributed by atoms with van der Waals surface area (Å²) in [5, 5.41) is 29.8. The van der Waals surface area contributed by atoms with Gasteiger partial charge in [-0.25, -0.2) is 9.37 Å². The van der Waals surface area contributed by atoms with E-state index in [0.717, 1.165) is 60.1 Å². The third kappa shape index (κ3) is 11.8. The van der Waals surface area contributed by atoms with Crippen LogP contribution in [0.5, 0.6) is 5.75 Å². The van der Waals surface area contributed by atoms with Crippen molar-refractivity contribution >= 4 is 69.7 Å². The van der Waals surface area contributed by atoms with E-state index in [2.05, 4.69) is 45.0 Å². The number of hydrogen-bond acceptors (Lipinski definition) is 12. The van der Waals surface area contributed by atoms with E-state index >= 15 is 4.39 Å². The zero-order valence-corrected chi connectivity index (χ0v) is 44.5. The molecule has 0 radical (unpaired) electrons. The van der Waals surface area contributed by atoms with Gasteiger partial charge >= 0.3 is 0 Å². The zero-order valence-electron chi connectivity index (χ0n) is 42.1. The molecule has 19 heteroatoms. The smallest absolute Gasteiger partial charge is 0.246 e. The van der Waals surface area contributed by atoms with E-state index in [0.29, 0.717) is 22.4 Å². The van der Waals surface area contributed by atoms with Crippen LogP contribution in [0, 0.1) is 38.9 Å². The van der Waals surface area contributed by atoms with Gasteiger partial charge in [0, 0.05) is 45.6 Å². The number of aliphatic hydroxyl groups is 1. The number of nitrogens with one attached hydrogen (secondary N) is 3. The van der Waals surface area contributed by atoms with E-state index < -0.39 is 65.3 Å². The zero-order chi connectivity index (χ0) is 52.5. The second kappa shape index (κ2) is 21.9. The Kier molecular flexibility index (Phi) is 15.8. The minimum atomic E-state index is -1.11. The molecule has 73 heavy (non-hydrogen) atoms. The molecule has 0 saturated carbocycles. The molecule has 15 nitrogen and oxygen atoms in total.